The monoisotopic (exact) mass is 263 g/mol. The SMILES string of the molecule is CCNC(C)CCOCCOCCOCCOC. The molecule has 0 rings (SSSR count). The molecule has 0 heterocycles. The number of hydrogen-bond donors (Lipinski definition) is 1. The molecule has 0 saturated heterocycles. The van der Waals surface area contributed by atoms with Crippen molar-refractivity contribution in [1.29, 1.82) is 0 Å². The number of nitrogens with one attached hydrogen (secondary N) is 1. The van der Waals surface area contributed by atoms with Gasteiger partial charge in [0.25, 0.3) is 0 Å². The van der Waals surface area contributed by atoms with Crippen LogP contribution in [-0.2, 0) is 18.9 Å². The van der Waals surface area contributed by atoms with Gasteiger partial charge in [-0.25, -0.2) is 0 Å². The smallest absolute Gasteiger partial charge is 0.0701 e. The highest BCUT2D eigenvalue weighted by Crippen LogP contribution is 1.91. The lowest BCUT2D eigenvalue weighted by molar-refractivity contribution is 0.00281. The van der Waals surface area contributed by atoms with Crippen LogP contribution in [0.4, 0.5) is 0 Å². The van der Waals surface area contributed by atoms with Crippen LogP contribution in [0.5, 0.6) is 0 Å². The fourth-order valence-corrected chi connectivity index (χ4v) is 1.39. The van der Waals surface area contributed by atoms with E-state index in [0.29, 0.717) is 45.7 Å². The van der Waals surface area contributed by atoms with Gasteiger partial charge in [0.2, 0.25) is 0 Å². The molecule has 1 atom stereocenters. The molecule has 0 amide bonds. The summed E-state index contributed by atoms with van der Waals surface area (Å²) in [5.74, 6) is 0. The Labute approximate surface area is 111 Å². The van der Waals surface area contributed by atoms with Gasteiger partial charge < -0.3 is 24.3 Å². The van der Waals surface area contributed by atoms with Crippen molar-refractivity contribution in [2.45, 2.75) is 26.3 Å². The molecule has 0 aromatic carbocycles. The molecule has 0 spiro atoms. The van der Waals surface area contributed by atoms with E-state index in [4.69, 9.17) is 18.9 Å². The Morgan fingerprint density at radius 3 is 1.83 bits per heavy atom. The first kappa shape index (κ1) is 17.8. The molecule has 1 unspecified atom stereocenters. The van der Waals surface area contributed by atoms with Crippen molar-refractivity contribution < 1.29 is 18.9 Å². The van der Waals surface area contributed by atoms with E-state index in [1.807, 2.05) is 0 Å². The van der Waals surface area contributed by atoms with Crippen LogP contribution in [0.2, 0.25) is 0 Å². The molecule has 1 N–H and O–H groups in total. The summed E-state index contributed by atoms with van der Waals surface area (Å²) in [5, 5.41) is 3.34. The second kappa shape index (κ2) is 14.9. The van der Waals surface area contributed by atoms with Crippen molar-refractivity contribution in [3.63, 3.8) is 0 Å². The van der Waals surface area contributed by atoms with Crippen molar-refractivity contribution in [3.8, 4) is 0 Å². The topological polar surface area (TPSA) is 49.0 Å². The second-order valence-corrected chi connectivity index (χ2v) is 4.08. The average molecular weight is 263 g/mol. The Kier molecular flexibility index (Phi) is 14.7. The van der Waals surface area contributed by atoms with Crippen LogP contribution < -0.4 is 5.32 Å². The van der Waals surface area contributed by atoms with Crippen molar-refractivity contribution in [2.24, 2.45) is 0 Å². The van der Waals surface area contributed by atoms with Gasteiger partial charge in [-0.3, -0.25) is 0 Å². The van der Waals surface area contributed by atoms with Crippen LogP contribution in [0.3, 0.4) is 0 Å². The van der Waals surface area contributed by atoms with Crippen molar-refractivity contribution >= 4 is 0 Å². The summed E-state index contributed by atoms with van der Waals surface area (Å²) < 4.78 is 21.0. The van der Waals surface area contributed by atoms with Crippen LogP contribution in [0, 0.1) is 0 Å². The lowest BCUT2D eigenvalue weighted by atomic mass is 10.2. The molecule has 0 aliphatic rings. The number of methoxy groups -OCH3 is 1. The first-order valence-corrected chi connectivity index (χ1v) is 6.76. The maximum Gasteiger partial charge on any atom is 0.0701 e. The molecule has 5 heteroatoms. The lowest BCUT2D eigenvalue weighted by Crippen LogP contribution is -2.27. The quantitative estimate of drug-likeness (QED) is 0.475. The molecule has 110 valence electrons. The highest BCUT2D eigenvalue weighted by molar-refractivity contribution is 4.57. The van der Waals surface area contributed by atoms with Gasteiger partial charge in [0.1, 0.15) is 0 Å². The predicted molar refractivity (Wildman–Crippen MR) is 72.1 cm³/mol. The molecule has 0 aliphatic carbocycles. The van der Waals surface area contributed by atoms with Gasteiger partial charge in [-0.05, 0) is 19.9 Å². The minimum Gasteiger partial charge on any atom is -0.382 e. The minimum absolute atomic E-state index is 0.519. The lowest BCUT2D eigenvalue weighted by Gasteiger charge is -2.12. The number of ether oxygens (including phenoxy) is 4. The molecule has 0 saturated carbocycles. The Bertz CT molecular complexity index is 158. The molecule has 0 aliphatic heterocycles. The van der Waals surface area contributed by atoms with Gasteiger partial charge in [-0.1, -0.05) is 6.92 Å². The third-order valence-corrected chi connectivity index (χ3v) is 2.42. The van der Waals surface area contributed by atoms with Crippen LogP contribution in [0.1, 0.15) is 20.3 Å². The predicted octanol–water partition coefficient (Wildman–Crippen LogP) is 1.07. The number of rotatable bonds is 14. The van der Waals surface area contributed by atoms with Crippen LogP contribution in [0.15, 0.2) is 0 Å². The third kappa shape index (κ3) is 13.9. The van der Waals surface area contributed by atoms with Crippen LogP contribution in [-0.4, -0.2) is 65.9 Å². The zero-order valence-corrected chi connectivity index (χ0v) is 12.1. The maximum absolute atomic E-state index is 5.47. The molecule has 0 aromatic heterocycles. The first-order valence-electron chi connectivity index (χ1n) is 6.76. The van der Waals surface area contributed by atoms with Crippen molar-refractivity contribution in [1.82, 2.24) is 5.32 Å². The van der Waals surface area contributed by atoms with Crippen molar-refractivity contribution in [2.75, 3.05) is 59.9 Å². The molecule has 0 radical (unpaired) electrons. The first-order chi connectivity index (χ1) is 8.81. The zero-order valence-electron chi connectivity index (χ0n) is 12.1. The summed E-state index contributed by atoms with van der Waals surface area (Å²) >= 11 is 0. The summed E-state index contributed by atoms with van der Waals surface area (Å²) in [6.45, 7) is 9.82. The molecule has 0 aromatic rings. The van der Waals surface area contributed by atoms with E-state index in [1.54, 1.807) is 7.11 Å². The van der Waals surface area contributed by atoms with E-state index in [2.05, 4.69) is 19.2 Å². The third-order valence-electron chi connectivity index (χ3n) is 2.42. The van der Waals surface area contributed by atoms with Gasteiger partial charge in [0, 0.05) is 19.8 Å². The normalized spacial score (nSPS) is 12.8. The Hall–Kier alpha value is -0.200. The van der Waals surface area contributed by atoms with Gasteiger partial charge in [-0.15, -0.1) is 0 Å². The summed E-state index contributed by atoms with van der Waals surface area (Å²) in [6, 6.07) is 0.519. The van der Waals surface area contributed by atoms with E-state index in [-0.39, 0.29) is 0 Å². The second-order valence-electron chi connectivity index (χ2n) is 4.08. The van der Waals surface area contributed by atoms with E-state index >= 15 is 0 Å². The molecule has 5 nitrogen and oxygen atoms in total. The van der Waals surface area contributed by atoms with Gasteiger partial charge >= 0.3 is 0 Å². The molecule has 0 bridgehead atoms. The molecular formula is C13H29NO4. The summed E-state index contributed by atoms with van der Waals surface area (Å²) in [5.41, 5.74) is 0. The van der Waals surface area contributed by atoms with E-state index in [1.165, 1.54) is 0 Å². The van der Waals surface area contributed by atoms with Crippen LogP contribution >= 0.6 is 0 Å². The minimum atomic E-state index is 0.519. The maximum atomic E-state index is 5.47. The van der Waals surface area contributed by atoms with Crippen LogP contribution in [0.25, 0.3) is 0 Å². The van der Waals surface area contributed by atoms with E-state index in [9.17, 15) is 0 Å². The van der Waals surface area contributed by atoms with E-state index in [0.717, 1.165) is 19.6 Å². The molecular weight excluding hydrogens is 234 g/mol. The summed E-state index contributed by atoms with van der Waals surface area (Å²) in [4.78, 5) is 0. The molecule has 18 heavy (non-hydrogen) atoms. The highest BCUT2D eigenvalue weighted by atomic mass is 16.6. The standard InChI is InChI=1S/C13H29NO4/c1-4-14-13(2)5-6-16-9-10-18-12-11-17-8-7-15-3/h13-14H,4-12H2,1-3H3. The fraction of sp³-hybridized carbons (Fsp3) is 1.00. The average Bonchev–Trinajstić information content (AvgIpc) is 2.36. The van der Waals surface area contributed by atoms with Crippen molar-refractivity contribution in [3.05, 3.63) is 0 Å². The summed E-state index contributed by atoms with van der Waals surface area (Å²) in [6.07, 6.45) is 1.04. The number of hydrogen-bond acceptors (Lipinski definition) is 5. The highest BCUT2D eigenvalue weighted by Gasteiger charge is 1.98. The van der Waals surface area contributed by atoms with Gasteiger partial charge in [-0.2, -0.15) is 0 Å². The Morgan fingerprint density at radius 1 is 0.833 bits per heavy atom. The van der Waals surface area contributed by atoms with E-state index < -0.39 is 0 Å². The zero-order chi connectivity index (χ0) is 13.5. The van der Waals surface area contributed by atoms with Gasteiger partial charge in [0.15, 0.2) is 0 Å². The summed E-state index contributed by atoms with van der Waals surface area (Å²) in [7, 11) is 1.66. The largest absolute Gasteiger partial charge is 0.382 e. The fourth-order valence-electron chi connectivity index (χ4n) is 1.39. The Morgan fingerprint density at radius 2 is 1.33 bits per heavy atom. The molecule has 0 fully saturated rings. The van der Waals surface area contributed by atoms with Gasteiger partial charge in [0.05, 0.1) is 39.6 Å². The Balaban J connectivity index is 2.98.